The highest BCUT2D eigenvalue weighted by atomic mass is 35.5. The predicted octanol–water partition coefficient (Wildman–Crippen LogP) is 2.91. The average molecular weight is 265 g/mol. The maximum atomic E-state index is 8.77. The molecule has 18 heavy (non-hydrogen) atoms. The summed E-state index contributed by atoms with van der Waals surface area (Å²) in [6, 6.07) is 7.84. The van der Waals surface area contributed by atoms with Crippen molar-refractivity contribution in [2.24, 2.45) is 11.1 Å². The highest BCUT2D eigenvalue weighted by Crippen LogP contribution is 2.48. The monoisotopic (exact) mass is 264 g/mol. The number of nitrogens with zero attached hydrogens (tertiary/aromatic N) is 1. The Morgan fingerprint density at radius 3 is 2.83 bits per heavy atom. The molecule has 1 aromatic carbocycles. The van der Waals surface area contributed by atoms with Crippen LogP contribution in [0.3, 0.4) is 0 Å². The Morgan fingerprint density at radius 1 is 1.44 bits per heavy atom. The minimum Gasteiger partial charge on any atom is -0.493 e. The molecule has 2 rings (SSSR count). The second-order valence-electron chi connectivity index (χ2n) is 4.91. The number of ether oxygens (including phenoxy) is 1. The minimum absolute atomic E-state index is 0.0916. The summed E-state index contributed by atoms with van der Waals surface area (Å²) in [6.45, 7) is 1.18. The third kappa shape index (κ3) is 3.16. The average Bonchev–Trinajstić information content (AvgIpc) is 3.09. The van der Waals surface area contributed by atoms with Gasteiger partial charge in [-0.3, -0.25) is 0 Å². The molecule has 3 nitrogen and oxygen atoms in total. The largest absolute Gasteiger partial charge is 0.493 e. The van der Waals surface area contributed by atoms with E-state index in [0.29, 0.717) is 24.6 Å². The molecule has 2 N–H and O–H groups in total. The molecule has 1 aliphatic rings. The van der Waals surface area contributed by atoms with Crippen LogP contribution >= 0.6 is 11.6 Å². The fourth-order valence-corrected chi connectivity index (χ4v) is 2.18. The van der Waals surface area contributed by atoms with Crippen molar-refractivity contribution in [2.75, 3.05) is 13.2 Å². The van der Waals surface area contributed by atoms with Crippen LogP contribution < -0.4 is 10.5 Å². The Balaban J connectivity index is 2.03. The molecule has 96 valence electrons. The van der Waals surface area contributed by atoms with E-state index in [9.17, 15) is 0 Å². The SMILES string of the molecule is N#CCC1(COc2ccc(Cl)cc2CCN)CC1. The van der Waals surface area contributed by atoms with Crippen molar-refractivity contribution in [3.05, 3.63) is 28.8 Å². The Kier molecular flexibility index (Phi) is 4.11. The quantitative estimate of drug-likeness (QED) is 0.859. The topological polar surface area (TPSA) is 59.0 Å². The fraction of sp³-hybridized carbons (Fsp3) is 0.500. The zero-order chi connectivity index (χ0) is 13.0. The third-order valence-corrected chi connectivity index (χ3v) is 3.62. The molecule has 0 spiro atoms. The molecule has 1 aliphatic carbocycles. The molecular formula is C14H17ClN2O. The number of benzene rings is 1. The van der Waals surface area contributed by atoms with Gasteiger partial charge in [0, 0.05) is 16.9 Å². The van der Waals surface area contributed by atoms with Crippen molar-refractivity contribution in [1.82, 2.24) is 0 Å². The lowest BCUT2D eigenvalue weighted by Gasteiger charge is -2.15. The van der Waals surface area contributed by atoms with Gasteiger partial charge in [-0.25, -0.2) is 0 Å². The van der Waals surface area contributed by atoms with Crippen LogP contribution in [0.4, 0.5) is 0 Å². The number of rotatable bonds is 6. The van der Waals surface area contributed by atoms with Crippen LogP contribution in [0.15, 0.2) is 18.2 Å². The standard InChI is InChI=1S/C14H17ClN2O/c15-12-1-2-13(11(9-12)3-7-16)18-10-14(4-5-14)6-8-17/h1-2,9H,3-7,10,16H2. The maximum absolute atomic E-state index is 8.77. The van der Waals surface area contributed by atoms with Crippen molar-refractivity contribution < 1.29 is 4.74 Å². The highest BCUT2D eigenvalue weighted by molar-refractivity contribution is 6.30. The van der Waals surface area contributed by atoms with Gasteiger partial charge >= 0.3 is 0 Å². The summed E-state index contributed by atoms with van der Waals surface area (Å²) >= 11 is 5.97. The number of halogens is 1. The smallest absolute Gasteiger partial charge is 0.122 e. The Morgan fingerprint density at radius 2 is 2.22 bits per heavy atom. The van der Waals surface area contributed by atoms with Crippen molar-refractivity contribution in [3.63, 3.8) is 0 Å². The summed E-state index contributed by atoms with van der Waals surface area (Å²) in [6.07, 6.45) is 3.49. The molecule has 0 saturated heterocycles. The molecule has 0 atom stereocenters. The van der Waals surface area contributed by atoms with Gasteiger partial charge in [-0.05, 0) is 49.6 Å². The van der Waals surface area contributed by atoms with Crippen LogP contribution in [-0.4, -0.2) is 13.2 Å². The fourth-order valence-electron chi connectivity index (χ4n) is 1.99. The van der Waals surface area contributed by atoms with Crippen molar-refractivity contribution >= 4 is 11.6 Å². The number of nitrogens with two attached hydrogens (primary N) is 1. The Hall–Kier alpha value is -1.24. The van der Waals surface area contributed by atoms with Gasteiger partial charge in [0.25, 0.3) is 0 Å². The summed E-state index contributed by atoms with van der Waals surface area (Å²) in [5.41, 5.74) is 6.71. The molecule has 0 aliphatic heterocycles. The van der Waals surface area contributed by atoms with Crippen LogP contribution in [0.25, 0.3) is 0 Å². The van der Waals surface area contributed by atoms with E-state index in [4.69, 9.17) is 27.3 Å². The normalized spacial score (nSPS) is 16.1. The molecule has 4 heteroatoms. The lowest BCUT2D eigenvalue weighted by molar-refractivity contribution is 0.235. The van der Waals surface area contributed by atoms with Gasteiger partial charge in [-0.15, -0.1) is 0 Å². The first kappa shape index (κ1) is 13.2. The van der Waals surface area contributed by atoms with Crippen LogP contribution in [-0.2, 0) is 6.42 Å². The second-order valence-corrected chi connectivity index (χ2v) is 5.35. The molecule has 0 heterocycles. The van der Waals surface area contributed by atoms with Crippen LogP contribution in [0.2, 0.25) is 5.02 Å². The molecule has 0 radical (unpaired) electrons. The number of hydrogen-bond donors (Lipinski definition) is 1. The van der Waals surface area contributed by atoms with Gasteiger partial charge in [-0.1, -0.05) is 11.6 Å². The molecule has 1 saturated carbocycles. The highest BCUT2D eigenvalue weighted by Gasteiger charge is 2.43. The summed E-state index contributed by atoms with van der Waals surface area (Å²) in [5, 5.41) is 9.47. The molecular weight excluding hydrogens is 248 g/mol. The number of hydrogen-bond acceptors (Lipinski definition) is 3. The van der Waals surface area contributed by atoms with Gasteiger partial charge in [0.05, 0.1) is 12.7 Å². The molecule has 0 amide bonds. The molecule has 1 fully saturated rings. The van der Waals surface area contributed by atoms with E-state index >= 15 is 0 Å². The van der Waals surface area contributed by atoms with Crippen molar-refractivity contribution in [1.29, 1.82) is 5.26 Å². The van der Waals surface area contributed by atoms with Gasteiger partial charge in [0.2, 0.25) is 0 Å². The summed E-state index contributed by atoms with van der Waals surface area (Å²) in [7, 11) is 0. The Bertz CT molecular complexity index is 463. The van der Waals surface area contributed by atoms with Crippen molar-refractivity contribution in [3.8, 4) is 11.8 Å². The first-order chi connectivity index (χ1) is 8.69. The van der Waals surface area contributed by atoms with E-state index in [-0.39, 0.29) is 5.41 Å². The van der Waals surface area contributed by atoms with Gasteiger partial charge < -0.3 is 10.5 Å². The molecule has 0 bridgehead atoms. The van der Waals surface area contributed by atoms with Gasteiger partial charge in [0.15, 0.2) is 0 Å². The van der Waals surface area contributed by atoms with Crippen LogP contribution in [0.1, 0.15) is 24.8 Å². The van der Waals surface area contributed by atoms with E-state index in [1.54, 1.807) is 0 Å². The number of nitriles is 1. The lowest BCUT2D eigenvalue weighted by Crippen LogP contribution is -2.14. The first-order valence-corrected chi connectivity index (χ1v) is 6.55. The predicted molar refractivity (Wildman–Crippen MR) is 71.6 cm³/mol. The second kappa shape index (κ2) is 5.60. The van der Waals surface area contributed by atoms with E-state index in [1.165, 1.54) is 0 Å². The van der Waals surface area contributed by atoms with Crippen molar-refractivity contribution in [2.45, 2.75) is 25.7 Å². The molecule has 0 unspecified atom stereocenters. The third-order valence-electron chi connectivity index (χ3n) is 3.38. The van der Waals surface area contributed by atoms with E-state index in [1.807, 2.05) is 18.2 Å². The lowest BCUT2D eigenvalue weighted by atomic mass is 10.1. The zero-order valence-electron chi connectivity index (χ0n) is 10.3. The van der Waals surface area contributed by atoms with Gasteiger partial charge in [-0.2, -0.15) is 5.26 Å². The van der Waals surface area contributed by atoms with E-state index < -0.39 is 0 Å². The first-order valence-electron chi connectivity index (χ1n) is 6.17. The summed E-state index contributed by atoms with van der Waals surface area (Å²) in [4.78, 5) is 0. The maximum Gasteiger partial charge on any atom is 0.122 e. The summed E-state index contributed by atoms with van der Waals surface area (Å²) in [5.74, 6) is 0.842. The van der Waals surface area contributed by atoms with E-state index in [2.05, 4.69) is 6.07 Å². The zero-order valence-corrected chi connectivity index (χ0v) is 11.0. The molecule has 0 aromatic heterocycles. The minimum atomic E-state index is 0.0916. The van der Waals surface area contributed by atoms with Crippen LogP contribution in [0.5, 0.6) is 5.75 Å². The summed E-state index contributed by atoms with van der Waals surface area (Å²) < 4.78 is 5.86. The van der Waals surface area contributed by atoms with Gasteiger partial charge in [0.1, 0.15) is 5.75 Å². The Labute approximate surface area is 112 Å². The van der Waals surface area contributed by atoms with Crippen LogP contribution in [0, 0.1) is 16.7 Å². The molecule has 1 aromatic rings. The van der Waals surface area contributed by atoms with E-state index in [0.717, 1.165) is 30.6 Å².